The van der Waals surface area contributed by atoms with Gasteiger partial charge in [0.1, 0.15) is 5.82 Å². The molecule has 4 aromatic rings. The molecule has 1 aliphatic heterocycles. The van der Waals surface area contributed by atoms with Crippen LogP contribution in [-0.4, -0.2) is 64.1 Å². The van der Waals surface area contributed by atoms with Crippen LogP contribution in [0, 0.1) is 0 Å². The number of aromatic nitrogens is 4. The summed E-state index contributed by atoms with van der Waals surface area (Å²) < 4.78 is 0. The Kier molecular flexibility index (Phi) is 5.40. The molecule has 0 bridgehead atoms. The summed E-state index contributed by atoms with van der Waals surface area (Å²) in [5.41, 5.74) is 4.96. The second-order valence-corrected chi connectivity index (χ2v) is 8.66. The van der Waals surface area contributed by atoms with Gasteiger partial charge in [0.15, 0.2) is 5.78 Å². The largest absolute Gasteiger partial charge is 0.354 e. The van der Waals surface area contributed by atoms with Crippen molar-refractivity contribution < 1.29 is 4.79 Å². The molecule has 1 saturated heterocycles. The average molecular weight is 431 g/mol. The number of likely N-dealkylation sites (N-methyl/N-ethyl adjacent to an activating group) is 1. The van der Waals surface area contributed by atoms with E-state index in [1.807, 2.05) is 42.0 Å². The van der Waals surface area contributed by atoms with E-state index < -0.39 is 0 Å². The molecular formula is C23H22N6OS. The first kappa shape index (κ1) is 19.7. The van der Waals surface area contributed by atoms with E-state index in [-0.39, 0.29) is 12.2 Å². The van der Waals surface area contributed by atoms with E-state index in [2.05, 4.69) is 43.1 Å². The van der Waals surface area contributed by atoms with Crippen molar-refractivity contribution in [1.82, 2.24) is 25.1 Å². The molecule has 7 nitrogen and oxygen atoms in total. The molecule has 5 rings (SSSR count). The van der Waals surface area contributed by atoms with Gasteiger partial charge in [0.05, 0.1) is 28.0 Å². The number of carbonyl (C=O) groups excluding carboxylic acids is 1. The first-order valence-corrected chi connectivity index (χ1v) is 11.1. The van der Waals surface area contributed by atoms with E-state index in [4.69, 9.17) is 0 Å². The molecule has 4 heterocycles. The maximum Gasteiger partial charge on any atom is 0.170 e. The Hall–Kier alpha value is -3.23. The first-order valence-electron chi connectivity index (χ1n) is 10.2. The van der Waals surface area contributed by atoms with E-state index in [9.17, 15) is 4.79 Å². The molecule has 8 heteroatoms. The average Bonchev–Trinajstić information content (AvgIpc) is 3.34. The third-order valence-corrected chi connectivity index (χ3v) is 6.41. The van der Waals surface area contributed by atoms with Crippen LogP contribution in [0.4, 0.5) is 5.82 Å². The third-order valence-electron chi connectivity index (χ3n) is 5.59. The summed E-state index contributed by atoms with van der Waals surface area (Å²) in [6.07, 6.45) is 3.72. The number of fused-ring (bicyclic) bond motifs is 1. The standard InChI is InChI=1S/C23H22N6OS/c1-28-6-8-29(9-7-28)23-5-3-17(13-25-23)21(30)12-19-11-18-10-16(22-14-24-15-31-22)2-4-20(18)27-26-19/h2-5,10-11,13-15H,6-9,12H2,1H3. The highest BCUT2D eigenvalue weighted by Gasteiger charge is 2.16. The highest BCUT2D eigenvalue weighted by molar-refractivity contribution is 7.13. The number of pyridine rings is 1. The molecule has 156 valence electrons. The highest BCUT2D eigenvalue weighted by atomic mass is 32.1. The molecule has 0 spiro atoms. The number of benzene rings is 1. The van der Waals surface area contributed by atoms with Gasteiger partial charge < -0.3 is 9.80 Å². The third kappa shape index (κ3) is 4.30. The zero-order chi connectivity index (χ0) is 21.2. The predicted octanol–water partition coefficient (Wildman–Crippen LogP) is 3.33. The number of piperazine rings is 1. The quantitative estimate of drug-likeness (QED) is 0.450. The maximum atomic E-state index is 12.8. The Balaban J connectivity index is 1.31. The molecule has 0 saturated carbocycles. The van der Waals surface area contributed by atoms with Gasteiger partial charge in [-0.2, -0.15) is 10.2 Å². The fourth-order valence-corrected chi connectivity index (χ4v) is 4.35. The SMILES string of the molecule is CN1CCN(c2ccc(C(=O)Cc3cc4cc(-c5cncs5)ccc4nn3)cn2)CC1. The summed E-state index contributed by atoms with van der Waals surface area (Å²) in [6.45, 7) is 3.95. The van der Waals surface area contributed by atoms with Crippen molar-refractivity contribution in [2.45, 2.75) is 6.42 Å². The lowest BCUT2D eigenvalue weighted by atomic mass is 10.1. The van der Waals surface area contributed by atoms with Crippen molar-refractivity contribution in [2.24, 2.45) is 0 Å². The number of hydrogen-bond acceptors (Lipinski definition) is 8. The van der Waals surface area contributed by atoms with Gasteiger partial charge in [-0.15, -0.1) is 11.3 Å². The lowest BCUT2D eigenvalue weighted by Gasteiger charge is -2.33. The van der Waals surface area contributed by atoms with Gasteiger partial charge in [-0.05, 0) is 42.9 Å². The number of thiazole rings is 1. The van der Waals surface area contributed by atoms with Gasteiger partial charge in [0.25, 0.3) is 0 Å². The maximum absolute atomic E-state index is 12.8. The van der Waals surface area contributed by atoms with E-state index >= 15 is 0 Å². The highest BCUT2D eigenvalue weighted by Crippen LogP contribution is 2.26. The molecule has 0 unspecified atom stereocenters. The Morgan fingerprint density at radius 2 is 1.90 bits per heavy atom. The number of rotatable bonds is 5. The second-order valence-electron chi connectivity index (χ2n) is 7.77. The van der Waals surface area contributed by atoms with Crippen LogP contribution in [0.25, 0.3) is 21.3 Å². The fraction of sp³-hybridized carbons (Fsp3) is 0.261. The summed E-state index contributed by atoms with van der Waals surface area (Å²) in [7, 11) is 2.13. The molecular weight excluding hydrogens is 408 g/mol. The number of Topliss-reactive ketones (excluding diaryl/α,β-unsaturated/α-hetero) is 1. The van der Waals surface area contributed by atoms with E-state index in [0.717, 1.165) is 53.3 Å². The molecule has 0 aliphatic carbocycles. The second kappa shape index (κ2) is 8.49. The van der Waals surface area contributed by atoms with Crippen LogP contribution in [0.15, 0.2) is 54.3 Å². The summed E-state index contributed by atoms with van der Waals surface area (Å²) in [5.74, 6) is 0.912. The molecule has 1 fully saturated rings. The smallest absolute Gasteiger partial charge is 0.170 e. The van der Waals surface area contributed by atoms with Gasteiger partial charge >= 0.3 is 0 Å². The number of nitrogens with zero attached hydrogens (tertiary/aromatic N) is 6. The van der Waals surface area contributed by atoms with E-state index in [1.54, 1.807) is 17.5 Å². The summed E-state index contributed by atoms with van der Waals surface area (Å²) in [6, 6.07) is 11.8. The molecule has 1 aromatic carbocycles. The Morgan fingerprint density at radius 3 is 2.65 bits per heavy atom. The van der Waals surface area contributed by atoms with Crippen LogP contribution in [0.2, 0.25) is 0 Å². The summed E-state index contributed by atoms with van der Waals surface area (Å²) in [5, 5.41) is 9.51. The van der Waals surface area contributed by atoms with Crippen molar-refractivity contribution >= 4 is 33.8 Å². The van der Waals surface area contributed by atoms with Crippen LogP contribution in [0.3, 0.4) is 0 Å². The molecule has 0 N–H and O–H groups in total. The molecule has 31 heavy (non-hydrogen) atoms. The minimum Gasteiger partial charge on any atom is -0.354 e. The number of anilines is 1. The molecule has 3 aromatic heterocycles. The number of hydrogen-bond donors (Lipinski definition) is 0. The Labute approximate surface area is 184 Å². The molecule has 0 amide bonds. The van der Waals surface area contributed by atoms with Crippen molar-refractivity contribution in [1.29, 1.82) is 0 Å². The van der Waals surface area contributed by atoms with E-state index in [0.29, 0.717) is 11.3 Å². The monoisotopic (exact) mass is 430 g/mol. The Bertz CT molecular complexity index is 1200. The van der Waals surface area contributed by atoms with Crippen molar-refractivity contribution in [3.8, 4) is 10.4 Å². The molecule has 1 aliphatic rings. The van der Waals surface area contributed by atoms with Gasteiger partial charge in [-0.1, -0.05) is 6.07 Å². The number of ketones is 1. The van der Waals surface area contributed by atoms with Gasteiger partial charge in [-0.25, -0.2) is 4.98 Å². The van der Waals surface area contributed by atoms with E-state index in [1.165, 1.54) is 0 Å². The zero-order valence-electron chi connectivity index (χ0n) is 17.2. The van der Waals surface area contributed by atoms with Crippen molar-refractivity contribution in [3.63, 3.8) is 0 Å². The lowest BCUT2D eigenvalue weighted by molar-refractivity contribution is 0.0991. The Morgan fingerprint density at radius 1 is 1.03 bits per heavy atom. The van der Waals surface area contributed by atoms with Gasteiger partial charge in [0.2, 0.25) is 0 Å². The minimum absolute atomic E-state index is 0.00955. The topological polar surface area (TPSA) is 75.1 Å². The fourth-order valence-electron chi connectivity index (χ4n) is 3.73. The zero-order valence-corrected chi connectivity index (χ0v) is 18.0. The lowest BCUT2D eigenvalue weighted by Crippen LogP contribution is -2.44. The van der Waals surface area contributed by atoms with Gasteiger partial charge in [-0.3, -0.25) is 9.78 Å². The molecule has 0 radical (unpaired) electrons. The van der Waals surface area contributed by atoms with Crippen molar-refractivity contribution in [2.75, 3.05) is 38.1 Å². The predicted molar refractivity (Wildman–Crippen MR) is 123 cm³/mol. The normalized spacial score (nSPS) is 14.8. The van der Waals surface area contributed by atoms with Crippen LogP contribution in [0.5, 0.6) is 0 Å². The molecule has 0 atom stereocenters. The first-order chi connectivity index (χ1) is 15.2. The van der Waals surface area contributed by atoms with Crippen LogP contribution < -0.4 is 4.90 Å². The number of carbonyl (C=O) groups is 1. The summed E-state index contributed by atoms with van der Waals surface area (Å²) >= 11 is 1.59. The van der Waals surface area contributed by atoms with Crippen LogP contribution >= 0.6 is 11.3 Å². The van der Waals surface area contributed by atoms with Gasteiger partial charge in [0, 0.05) is 49.5 Å². The van der Waals surface area contributed by atoms with Crippen LogP contribution in [-0.2, 0) is 6.42 Å². The van der Waals surface area contributed by atoms with Crippen molar-refractivity contribution in [3.05, 3.63) is 65.6 Å². The van der Waals surface area contributed by atoms with Crippen LogP contribution in [0.1, 0.15) is 16.1 Å². The minimum atomic E-state index is -0.00955. The summed E-state index contributed by atoms with van der Waals surface area (Å²) in [4.78, 5) is 27.1.